The summed E-state index contributed by atoms with van der Waals surface area (Å²) in [6.07, 6.45) is 4.29. The van der Waals surface area contributed by atoms with E-state index in [-0.39, 0.29) is 11.5 Å². The summed E-state index contributed by atoms with van der Waals surface area (Å²) in [7, 11) is 1.55. The molecule has 0 fully saturated rings. The van der Waals surface area contributed by atoms with Crippen molar-refractivity contribution in [2.45, 2.75) is 20.3 Å². The zero-order chi connectivity index (χ0) is 12.8. The van der Waals surface area contributed by atoms with Gasteiger partial charge < -0.3 is 4.79 Å². The molecule has 5 nitrogen and oxygen atoms in total. The number of hydrogen-bond donors (Lipinski definition) is 0. The van der Waals surface area contributed by atoms with Crippen molar-refractivity contribution in [2.75, 3.05) is 7.05 Å². The van der Waals surface area contributed by atoms with E-state index in [1.807, 2.05) is 6.92 Å². The fourth-order valence-electron chi connectivity index (χ4n) is 1.31. The highest BCUT2D eigenvalue weighted by molar-refractivity contribution is 6.19. The molecule has 90 valence electrons. The summed E-state index contributed by atoms with van der Waals surface area (Å²) in [6, 6.07) is 0. The molecule has 0 aliphatic carbocycles. The summed E-state index contributed by atoms with van der Waals surface area (Å²) < 4.78 is 0. The molecule has 0 spiro atoms. The fourth-order valence-corrected chi connectivity index (χ4v) is 1.31. The van der Waals surface area contributed by atoms with Gasteiger partial charge in [-0.25, -0.2) is 4.98 Å². The Bertz CT molecular complexity index is 438. The average molecular weight is 233 g/mol. The lowest BCUT2D eigenvalue weighted by atomic mass is 9.99. The number of carbonyl (C=O) groups is 2. The lowest BCUT2D eigenvalue weighted by Gasteiger charge is -2.07. The van der Waals surface area contributed by atoms with Crippen molar-refractivity contribution in [1.29, 1.82) is 0 Å². The van der Waals surface area contributed by atoms with Gasteiger partial charge in [0, 0.05) is 19.0 Å². The normalized spacial score (nSPS) is 13.2. The number of aromatic nitrogens is 2. The largest absolute Gasteiger partial charge is 0.302 e. The van der Waals surface area contributed by atoms with Crippen molar-refractivity contribution in [1.82, 2.24) is 9.97 Å². The Kier molecular flexibility index (Phi) is 4.63. The first-order chi connectivity index (χ1) is 8.13. The van der Waals surface area contributed by atoms with Crippen LogP contribution in [0.5, 0.6) is 0 Å². The summed E-state index contributed by atoms with van der Waals surface area (Å²) in [4.78, 5) is 34.8. The maximum atomic E-state index is 12.0. The lowest BCUT2D eigenvalue weighted by molar-refractivity contribution is -0.108. The van der Waals surface area contributed by atoms with Crippen LogP contribution in [0, 0.1) is 5.92 Å². The predicted octanol–water partition coefficient (Wildman–Crippen LogP) is 1.13. The molecule has 17 heavy (non-hydrogen) atoms. The second-order valence-corrected chi connectivity index (χ2v) is 3.59. The van der Waals surface area contributed by atoms with E-state index in [0.717, 1.165) is 12.1 Å². The molecule has 0 aliphatic heterocycles. The van der Waals surface area contributed by atoms with E-state index in [1.54, 1.807) is 20.2 Å². The number of nitrogens with zero attached hydrogens (tertiary/aromatic N) is 3. The topological polar surface area (TPSA) is 72.3 Å². The van der Waals surface area contributed by atoms with E-state index in [1.165, 1.54) is 6.20 Å². The van der Waals surface area contributed by atoms with Crippen molar-refractivity contribution in [3.05, 3.63) is 23.8 Å². The highest BCUT2D eigenvalue weighted by atomic mass is 16.1. The van der Waals surface area contributed by atoms with E-state index in [2.05, 4.69) is 15.0 Å². The van der Waals surface area contributed by atoms with Crippen molar-refractivity contribution >= 4 is 17.8 Å². The van der Waals surface area contributed by atoms with E-state index >= 15 is 0 Å². The van der Waals surface area contributed by atoms with Gasteiger partial charge in [-0.3, -0.25) is 14.8 Å². The van der Waals surface area contributed by atoms with Crippen LogP contribution in [-0.4, -0.2) is 34.8 Å². The lowest BCUT2D eigenvalue weighted by Crippen LogP contribution is -2.24. The molecule has 0 saturated heterocycles. The zero-order valence-corrected chi connectivity index (χ0v) is 10.2. The quantitative estimate of drug-likeness (QED) is 0.331. The zero-order valence-electron chi connectivity index (χ0n) is 10.2. The molecular weight excluding hydrogens is 218 g/mol. The van der Waals surface area contributed by atoms with Gasteiger partial charge in [-0.1, -0.05) is 6.92 Å². The molecule has 1 rings (SSSR count). The smallest absolute Gasteiger partial charge is 0.198 e. The minimum Gasteiger partial charge on any atom is -0.302 e. The van der Waals surface area contributed by atoms with Gasteiger partial charge in [-0.2, -0.15) is 0 Å². The molecule has 0 saturated carbocycles. The Labute approximate surface area is 100 Å². The van der Waals surface area contributed by atoms with Gasteiger partial charge in [-0.15, -0.1) is 0 Å². The highest BCUT2D eigenvalue weighted by Crippen LogP contribution is 2.07. The molecule has 1 heterocycles. The van der Waals surface area contributed by atoms with E-state index in [4.69, 9.17) is 0 Å². The van der Waals surface area contributed by atoms with Gasteiger partial charge in [0.25, 0.3) is 0 Å². The molecule has 1 aromatic rings. The first-order valence-electron chi connectivity index (χ1n) is 5.37. The number of rotatable bonds is 5. The summed E-state index contributed by atoms with van der Waals surface area (Å²) in [5.74, 6) is -1.22. The number of Topliss-reactive ketones (excluding diaryl/α,β-unsaturated/α-hetero) is 1. The highest BCUT2D eigenvalue weighted by Gasteiger charge is 2.23. The monoisotopic (exact) mass is 233 g/mol. The predicted molar refractivity (Wildman–Crippen MR) is 64.3 cm³/mol. The van der Waals surface area contributed by atoms with Gasteiger partial charge in [0.1, 0.15) is 17.9 Å². The minimum atomic E-state index is -0.859. The third-order valence-electron chi connectivity index (χ3n) is 2.54. The first-order valence-corrected chi connectivity index (χ1v) is 5.37. The van der Waals surface area contributed by atoms with Crippen LogP contribution in [0.3, 0.4) is 0 Å². The third-order valence-corrected chi connectivity index (χ3v) is 2.54. The number of ketones is 1. The number of carbonyl (C=O) groups excluding carboxylic acids is 2. The maximum absolute atomic E-state index is 12.0. The summed E-state index contributed by atoms with van der Waals surface area (Å²) in [5.41, 5.74) is 1.48. The molecule has 1 atom stereocenters. The number of hydrogen-bond acceptors (Lipinski definition) is 5. The third kappa shape index (κ3) is 3.03. The van der Waals surface area contributed by atoms with Gasteiger partial charge in [0.2, 0.25) is 0 Å². The Balaban J connectivity index is 2.98. The molecule has 1 unspecified atom stereocenters. The second kappa shape index (κ2) is 5.98. The molecule has 0 aromatic carbocycles. The Morgan fingerprint density at radius 3 is 2.59 bits per heavy atom. The van der Waals surface area contributed by atoms with Crippen LogP contribution in [0.25, 0.3) is 0 Å². The summed E-state index contributed by atoms with van der Waals surface area (Å²) in [5, 5.41) is 0. The standard InChI is InChI=1S/C12H15N3O2/c1-4-9-5-15-11(6-14-9)12(17)10(7-16)8(2)13-3/h5-7,10H,4H2,1-3H3/b13-8+. The van der Waals surface area contributed by atoms with Gasteiger partial charge in [0.15, 0.2) is 5.78 Å². The van der Waals surface area contributed by atoms with E-state index in [0.29, 0.717) is 12.0 Å². The van der Waals surface area contributed by atoms with Crippen molar-refractivity contribution in [3.63, 3.8) is 0 Å². The number of aliphatic imine (C=N–C) groups is 1. The summed E-state index contributed by atoms with van der Waals surface area (Å²) >= 11 is 0. The Morgan fingerprint density at radius 1 is 1.47 bits per heavy atom. The van der Waals surface area contributed by atoms with E-state index in [9.17, 15) is 9.59 Å². The van der Waals surface area contributed by atoms with Crippen LogP contribution in [0.1, 0.15) is 30.0 Å². The van der Waals surface area contributed by atoms with Gasteiger partial charge in [-0.05, 0) is 13.3 Å². The van der Waals surface area contributed by atoms with Crippen molar-refractivity contribution < 1.29 is 9.59 Å². The van der Waals surface area contributed by atoms with Crippen LogP contribution in [0.2, 0.25) is 0 Å². The Morgan fingerprint density at radius 2 is 2.18 bits per heavy atom. The van der Waals surface area contributed by atoms with Crippen molar-refractivity contribution in [3.8, 4) is 0 Å². The van der Waals surface area contributed by atoms with Crippen LogP contribution >= 0.6 is 0 Å². The fraction of sp³-hybridized carbons (Fsp3) is 0.417. The molecular formula is C12H15N3O2. The molecule has 0 amide bonds. The summed E-state index contributed by atoms with van der Waals surface area (Å²) in [6.45, 7) is 3.60. The molecule has 0 radical (unpaired) electrons. The molecule has 0 bridgehead atoms. The molecule has 5 heteroatoms. The van der Waals surface area contributed by atoms with Crippen LogP contribution < -0.4 is 0 Å². The number of aryl methyl sites for hydroxylation is 1. The van der Waals surface area contributed by atoms with Crippen LogP contribution in [0.15, 0.2) is 17.4 Å². The molecule has 0 N–H and O–H groups in total. The average Bonchev–Trinajstić information content (AvgIpc) is 2.39. The molecule has 1 aromatic heterocycles. The SMILES string of the molecule is CCc1cnc(C(=O)C(C=O)/C(C)=N/C)cn1. The maximum Gasteiger partial charge on any atom is 0.198 e. The minimum absolute atomic E-state index is 0.197. The first kappa shape index (κ1) is 13.2. The van der Waals surface area contributed by atoms with Crippen LogP contribution in [-0.2, 0) is 11.2 Å². The van der Waals surface area contributed by atoms with E-state index < -0.39 is 5.92 Å². The molecule has 0 aliphatic rings. The van der Waals surface area contributed by atoms with Crippen LogP contribution in [0.4, 0.5) is 0 Å². The van der Waals surface area contributed by atoms with Gasteiger partial charge >= 0.3 is 0 Å². The van der Waals surface area contributed by atoms with Gasteiger partial charge in [0.05, 0.1) is 11.9 Å². The Hall–Kier alpha value is -1.91. The number of aldehydes is 1. The second-order valence-electron chi connectivity index (χ2n) is 3.59. The van der Waals surface area contributed by atoms with Crippen molar-refractivity contribution in [2.24, 2.45) is 10.9 Å².